The summed E-state index contributed by atoms with van der Waals surface area (Å²) in [5.41, 5.74) is 2.57. The molecule has 7 heteroatoms. The van der Waals surface area contributed by atoms with Crippen molar-refractivity contribution in [2.45, 2.75) is 71.7 Å². The second kappa shape index (κ2) is 11.8. The van der Waals surface area contributed by atoms with Crippen LogP contribution in [0.5, 0.6) is 5.75 Å². The minimum atomic E-state index is -1.77. The molecular weight excluding hydrogens is 456 g/mol. The summed E-state index contributed by atoms with van der Waals surface area (Å²) in [7, 11) is 0. The summed E-state index contributed by atoms with van der Waals surface area (Å²) in [6, 6.07) is 7.21. The van der Waals surface area contributed by atoms with Crippen LogP contribution in [0, 0.1) is 12.8 Å². The topological polar surface area (TPSA) is 109 Å². The summed E-state index contributed by atoms with van der Waals surface area (Å²) in [5, 5.41) is 32.0. The molecule has 1 aliphatic rings. The Hall–Kier alpha value is -3.00. The molecular formula is C29H36N2O5. The maximum absolute atomic E-state index is 10.7. The maximum atomic E-state index is 10.7. The number of aryl methyl sites for hydroxylation is 1. The molecule has 192 valence electrons. The Kier molecular flexibility index (Phi) is 8.56. The van der Waals surface area contributed by atoms with Crippen molar-refractivity contribution in [2.75, 3.05) is 6.61 Å². The van der Waals surface area contributed by atoms with Crippen molar-refractivity contribution in [1.29, 1.82) is 0 Å². The average molecular weight is 493 g/mol. The second-order valence-corrected chi connectivity index (χ2v) is 9.85. The zero-order valence-electron chi connectivity index (χ0n) is 21.3. The van der Waals surface area contributed by atoms with Gasteiger partial charge in [0, 0.05) is 11.8 Å². The Morgan fingerprint density at radius 3 is 2.58 bits per heavy atom. The minimum absolute atomic E-state index is 0.0991. The van der Waals surface area contributed by atoms with E-state index in [1.807, 2.05) is 31.2 Å². The zero-order valence-corrected chi connectivity index (χ0v) is 21.3. The first-order chi connectivity index (χ1) is 17.3. The van der Waals surface area contributed by atoms with Crippen molar-refractivity contribution in [3.8, 4) is 5.75 Å². The maximum Gasteiger partial charge on any atom is 0.218 e. The molecule has 2 aromatic heterocycles. The van der Waals surface area contributed by atoms with Gasteiger partial charge in [0.15, 0.2) is 6.29 Å². The van der Waals surface area contributed by atoms with Gasteiger partial charge < -0.3 is 24.5 Å². The quantitative estimate of drug-likeness (QED) is 0.245. The van der Waals surface area contributed by atoms with Gasteiger partial charge in [0.2, 0.25) is 5.89 Å². The first-order valence-electron chi connectivity index (χ1n) is 12.7. The van der Waals surface area contributed by atoms with Crippen LogP contribution in [0.4, 0.5) is 0 Å². The molecule has 1 aromatic carbocycles. The van der Waals surface area contributed by atoms with Crippen LogP contribution in [0.3, 0.4) is 0 Å². The van der Waals surface area contributed by atoms with Gasteiger partial charge in [-0.15, -0.1) is 0 Å². The molecule has 0 amide bonds. The molecule has 1 aliphatic carbocycles. The summed E-state index contributed by atoms with van der Waals surface area (Å²) in [4.78, 5) is 8.93. The summed E-state index contributed by atoms with van der Waals surface area (Å²) in [5.74, 6) is 2.55. The van der Waals surface area contributed by atoms with Crippen LogP contribution >= 0.6 is 0 Å². The molecule has 2 heterocycles. The molecule has 0 radical (unpaired) electrons. The normalized spacial score (nSPS) is 15.1. The number of hydrogen-bond acceptors (Lipinski definition) is 7. The number of allylic oxidation sites excluding steroid dienone is 2. The van der Waals surface area contributed by atoms with E-state index in [1.54, 1.807) is 12.1 Å². The predicted molar refractivity (Wildman–Crippen MR) is 139 cm³/mol. The van der Waals surface area contributed by atoms with E-state index in [-0.39, 0.29) is 5.69 Å². The number of hydrogen-bond donors (Lipinski definition) is 3. The monoisotopic (exact) mass is 492 g/mol. The van der Waals surface area contributed by atoms with Crippen molar-refractivity contribution >= 4 is 16.8 Å². The largest absolute Gasteiger partial charge is 0.493 e. The highest BCUT2D eigenvalue weighted by atomic mass is 16.5. The highest BCUT2D eigenvalue weighted by Crippen LogP contribution is 2.31. The molecule has 3 aromatic rings. The molecule has 0 spiro atoms. The van der Waals surface area contributed by atoms with Gasteiger partial charge in [-0.1, -0.05) is 37.6 Å². The fourth-order valence-corrected chi connectivity index (χ4v) is 4.48. The highest BCUT2D eigenvalue weighted by Gasteiger charge is 2.18. The number of pyridine rings is 1. The Labute approximate surface area is 212 Å². The number of rotatable bonds is 10. The summed E-state index contributed by atoms with van der Waals surface area (Å²) >= 11 is 0. The number of aromatic nitrogens is 2. The van der Waals surface area contributed by atoms with E-state index in [0.717, 1.165) is 48.9 Å². The number of aliphatic hydroxyl groups is 3. The molecule has 0 saturated heterocycles. The van der Waals surface area contributed by atoms with Crippen molar-refractivity contribution in [3.05, 3.63) is 70.7 Å². The molecule has 0 aliphatic heterocycles. The van der Waals surface area contributed by atoms with Crippen LogP contribution in [0.2, 0.25) is 0 Å². The van der Waals surface area contributed by atoms with Crippen LogP contribution in [-0.4, -0.2) is 31.9 Å². The number of ether oxygens (including phenoxy) is 1. The smallest absolute Gasteiger partial charge is 0.218 e. The van der Waals surface area contributed by atoms with E-state index in [2.05, 4.69) is 29.9 Å². The predicted octanol–water partition coefficient (Wildman–Crippen LogP) is 5.73. The first kappa shape index (κ1) is 26.1. The average Bonchev–Trinajstić information content (AvgIpc) is 3.47. The van der Waals surface area contributed by atoms with Crippen molar-refractivity contribution in [3.63, 3.8) is 0 Å². The van der Waals surface area contributed by atoms with E-state index in [9.17, 15) is 15.3 Å². The van der Waals surface area contributed by atoms with Crippen LogP contribution in [0.15, 0.2) is 46.4 Å². The van der Waals surface area contributed by atoms with E-state index < -0.39 is 12.4 Å². The van der Waals surface area contributed by atoms with Crippen LogP contribution < -0.4 is 4.74 Å². The summed E-state index contributed by atoms with van der Waals surface area (Å²) < 4.78 is 11.7. The van der Waals surface area contributed by atoms with E-state index in [0.29, 0.717) is 41.7 Å². The third-order valence-corrected chi connectivity index (χ3v) is 6.43. The lowest BCUT2D eigenvalue weighted by molar-refractivity contribution is -0.0448. The molecule has 3 N–H and O–H groups in total. The van der Waals surface area contributed by atoms with Gasteiger partial charge in [0.1, 0.15) is 23.3 Å². The van der Waals surface area contributed by atoms with Crippen LogP contribution in [0.1, 0.15) is 87.1 Å². The zero-order chi connectivity index (χ0) is 25.7. The lowest BCUT2D eigenvalue weighted by Crippen LogP contribution is -2.07. The number of nitrogens with zero attached hydrogens (tertiary/aromatic N) is 2. The van der Waals surface area contributed by atoms with E-state index in [4.69, 9.17) is 9.15 Å². The number of fused-ring (bicyclic) bond motifs is 1. The van der Waals surface area contributed by atoms with Crippen molar-refractivity contribution < 1.29 is 24.5 Å². The third kappa shape index (κ3) is 6.60. The van der Waals surface area contributed by atoms with Gasteiger partial charge in [-0.2, -0.15) is 0 Å². The summed E-state index contributed by atoms with van der Waals surface area (Å²) in [6.07, 6.45) is 8.98. The number of aliphatic hydroxyl groups excluding tert-OH is 2. The Morgan fingerprint density at radius 1 is 1.08 bits per heavy atom. The van der Waals surface area contributed by atoms with Crippen molar-refractivity contribution in [2.24, 2.45) is 5.92 Å². The van der Waals surface area contributed by atoms with Gasteiger partial charge in [-0.3, -0.25) is 0 Å². The molecule has 1 unspecified atom stereocenters. The fraction of sp³-hybridized carbons (Fsp3) is 0.448. The lowest BCUT2D eigenvalue weighted by atomic mass is 10.0. The first-order valence-corrected chi connectivity index (χ1v) is 12.7. The van der Waals surface area contributed by atoms with E-state index >= 15 is 0 Å². The van der Waals surface area contributed by atoms with Gasteiger partial charge in [0.25, 0.3) is 0 Å². The van der Waals surface area contributed by atoms with Gasteiger partial charge in [0.05, 0.1) is 18.0 Å². The van der Waals surface area contributed by atoms with Gasteiger partial charge >= 0.3 is 0 Å². The molecule has 4 rings (SSSR count). The number of oxazole rings is 1. The SMILES string of the molecule is Cc1oc(C=CCC(C)C)nc1CCOc1ccc2cc(C(O)C=C3CCCC3)nc(C(O)O)c2c1. The molecule has 36 heavy (non-hydrogen) atoms. The van der Waals surface area contributed by atoms with Crippen LogP contribution in [-0.2, 0) is 6.42 Å². The Balaban J connectivity index is 1.46. The van der Waals surface area contributed by atoms with Crippen molar-refractivity contribution in [1.82, 2.24) is 9.97 Å². The Morgan fingerprint density at radius 2 is 1.86 bits per heavy atom. The third-order valence-electron chi connectivity index (χ3n) is 6.43. The minimum Gasteiger partial charge on any atom is -0.493 e. The standard InChI is InChI=1S/C29H36N2O5/c1-18(2)7-6-10-27-30-24(19(3)36-27)13-14-35-22-12-11-21-16-25(26(32)15-20-8-4-5-9-20)31-28(29(33)34)23(21)17-22/h6,10-12,15-18,26,29,32-34H,4-5,7-9,13-14H2,1-3H3. The molecule has 1 fully saturated rings. The fourth-order valence-electron chi connectivity index (χ4n) is 4.48. The molecule has 0 bridgehead atoms. The lowest BCUT2D eigenvalue weighted by Gasteiger charge is -2.15. The Bertz CT molecular complexity index is 1230. The summed E-state index contributed by atoms with van der Waals surface area (Å²) in [6.45, 7) is 6.62. The highest BCUT2D eigenvalue weighted by molar-refractivity contribution is 5.86. The molecule has 1 atom stereocenters. The van der Waals surface area contributed by atoms with Gasteiger partial charge in [-0.05, 0) is 74.6 Å². The van der Waals surface area contributed by atoms with Gasteiger partial charge in [-0.25, -0.2) is 9.97 Å². The second-order valence-electron chi connectivity index (χ2n) is 9.85. The molecule has 7 nitrogen and oxygen atoms in total. The molecule has 1 saturated carbocycles. The van der Waals surface area contributed by atoms with Crippen LogP contribution in [0.25, 0.3) is 16.8 Å². The number of benzene rings is 1. The van der Waals surface area contributed by atoms with E-state index in [1.165, 1.54) is 5.57 Å².